The van der Waals surface area contributed by atoms with Crippen molar-refractivity contribution in [2.75, 3.05) is 13.6 Å². The van der Waals surface area contributed by atoms with Gasteiger partial charge in [0, 0.05) is 25.7 Å². The van der Waals surface area contributed by atoms with Gasteiger partial charge in [-0.15, -0.1) is 0 Å². The Hall–Kier alpha value is -0.860. The lowest BCUT2D eigenvalue weighted by Gasteiger charge is -2.16. The molecule has 100 valence electrons. The zero-order chi connectivity index (χ0) is 13.0. The molecule has 0 saturated heterocycles. The number of nitrogens with one attached hydrogen (secondary N) is 1. The summed E-state index contributed by atoms with van der Waals surface area (Å²) in [6, 6.07) is 9.57. The molecule has 0 radical (unpaired) electrons. The monoisotopic (exact) mass is 246 g/mol. The van der Waals surface area contributed by atoms with Gasteiger partial charge in [-0.2, -0.15) is 0 Å². The van der Waals surface area contributed by atoms with Crippen LogP contribution < -0.4 is 5.32 Å². The van der Waals surface area contributed by atoms with Gasteiger partial charge < -0.3 is 10.2 Å². The Balaban J connectivity index is 1.78. The van der Waals surface area contributed by atoms with Crippen molar-refractivity contribution < 1.29 is 0 Å². The van der Waals surface area contributed by atoms with E-state index >= 15 is 0 Å². The molecule has 1 aromatic carbocycles. The number of hydrogen-bond acceptors (Lipinski definition) is 2. The minimum Gasteiger partial charge on any atom is -0.310 e. The molecule has 0 aromatic heterocycles. The van der Waals surface area contributed by atoms with Crippen LogP contribution in [-0.2, 0) is 13.1 Å². The first-order valence-electron chi connectivity index (χ1n) is 7.13. The lowest BCUT2D eigenvalue weighted by atomic mass is 10.1. The number of hydrogen-bond donors (Lipinski definition) is 1. The van der Waals surface area contributed by atoms with Crippen LogP contribution in [0.25, 0.3) is 0 Å². The van der Waals surface area contributed by atoms with Crippen LogP contribution in [0.3, 0.4) is 0 Å². The molecule has 0 heterocycles. The van der Waals surface area contributed by atoms with E-state index in [1.807, 2.05) is 0 Å². The van der Waals surface area contributed by atoms with E-state index < -0.39 is 0 Å². The van der Waals surface area contributed by atoms with Gasteiger partial charge in [-0.05, 0) is 36.9 Å². The molecule has 1 N–H and O–H groups in total. The Labute approximate surface area is 111 Å². The van der Waals surface area contributed by atoms with E-state index in [1.165, 1.54) is 30.5 Å². The summed E-state index contributed by atoms with van der Waals surface area (Å²) in [5, 5.41) is 3.45. The minimum atomic E-state index is 0.550. The summed E-state index contributed by atoms with van der Waals surface area (Å²) < 4.78 is 0. The van der Waals surface area contributed by atoms with Gasteiger partial charge in [0.15, 0.2) is 0 Å². The van der Waals surface area contributed by atoms with Crippen molar-refractivity contribution in [3.8, 4) is 0 Å². The fourth-order valence-corrected chi connectivity index (χ4v) is 2.20. The highest BCUT2D eigenvalue weighted by molar-refractivity contribution is 5.22. The van der Waals surface area contributed by atoms with Crippen LogP contribution in [-0.4, -0.2) is 24.5 Å². The highest BCUT2D eigenvalue weighted by Gasteiger charge is 2.22. The van der Waals surface area contributed by atoms with E-state index in [4.69, 9.17) is 0 Å². The van der Waals surface area contributed by atoms with Crippen molar-refractivity contribution in [1.29, 1.82) is 0 Å². The molecular formula is C16H26N2. The van der Waals surface area contributed by atoms with Crippen LogP contribution >= 0.6 is 0 Å². The molecule has 0 spiro atoms. The summed E-state index contributed by atoms with van der Waals surface area (Å²) in [6.07, 6.45) is 2.87. The Bertz CT molecular complexity index is 352. The summed E-state index contributed by atoms with van der Waals surface area (Å²) in [4.78, 5) is 2.44. The van der Waals surface area contributed by atoms with Crippen molar-refractivity contribution in [2.45, 2.75) is 45.8 Å². The van der Waals surface area contributed by atoms with Crippen LogP contribution in [0, 0.1) is 5.92 Å². The lowest BCUT2D eigenvalue weighted by Crippen LogP contribution is -2.22. The predicted molar refractivity (Wildman–Crippen MR) is 77.5 cm³/mol. The standard InChI is InChI=1S/C16H26N2/c1-13(2)17-10-14-4-6-15(7-5-14)11-18(3)12-16-8-9-16/h4-7,13,16-17H,8-12H2,1-3H3. The van der Waals surface area contributed by atoms with Crippen LogP contribution in [0.1, 0.15) is 37.8 Å². The summed E-state index contributed by atoms with van der Waals surface area (Å²) in [7, 11) is 2.23. The van der Waals surface area contributed by atoms with Gasteiger partial charge in [0.2, 0.25) is 0 Å². The molecule has 1 aliphatic rings. The van der Waals surface area contributed by atoms with E-state index in [-0.39, 0.29) is 0 Å². The maximum absolute atomic E-state index is 3.45. The molecule has 2 heteroatoms. The summed E-state index contributed by atoms with van der Waals surface area (Å²) >= 11 is 0. The summed E-state index contributed by atoms with van der Waals surface area (Å²) in [5.74, 6) is 0.976. The van der Waals surface area contributed by atoms with Crippen LogP contribution in [0.15, 0.2) is 24.3 Å². The molecule has 0 bridgehead atoms. The maximum Gasteiger partial charge on any atom is 0.0230 e. The van der Waals surface area contributed by atoms with Crippen LogP contribution in [0.2, 0.25) is 0 Å². The van der Waals surface area contributed by atoms with Crippen molar-refractivity contribution in [2.24, 2.45) is 5.92 Å². The number of benzene rings is 1. The van der Waals surface area contributed by atoms with Gasteiger partial charge in [0.25, 0.3) is 0 Å². The average Bonchev–Trinajstić information content (AvgIpc) is 3.12. The molecule has 18 heavy (non-hydrogen) atoms. The Morgan fingerprint density at radius 3 is 2.33 bits per heavy atom. The van der Waals surface area contributed by atoms with Crippen LogP contribution in [0.4, 0.5) is 0 Å². The van der Waals surface area contributed by atoms with Gasteiger partial charge in [0.1, 0.15) is 0 Å². The fraction of sp³-hybridized carbons (Fsp3) is 0.625. The third-order valence-corrected chi connectivity index (χ3v) is 3.46. The molecule has 0 aliphatic heterocycles. The second kappa shape index (κ2) is 6.35. The average molecular weight is 246 g/mol. The quantitative estimate of drug-likeness (QED) is 0.795. The first-order valence-corrected chi connectivity index (χ1v) is 7.13. The maximum atomic E-state index is 3.45. The van der Waals surface area contributed by atoms with Crippen molar-refractivity contribution in [1.82, 2.24) is 10.2 Å². The lowest BCUT2D eigenvalue weighted by molar-refractivity contribution is 0.313. The Morgan fingerprint density at radius 2 is 1.78 bits per heavy atom. The zero-order valence-electron chi connectivity index (χ0n) is 11.9. The second-order valence-corrected chi connectivity index (χ2v) is 5.99. The molecule has 0 atom stereocenters. The first-order chi connectivity index (χ1) is 8.63. The molecular weight excluding hydrogens is 220 g/mol. The molecule has 0 unspecified atom stereocenters. The molecule has 1 aromatic rings. The van der Waals surface area contributed by atoms with E-state index in [0.29, 0.717) is 6.04 Å². The number of nitrogens with zero attached hydrogens (tertiary/aromatic N) is 1. The fourth-order valence-electron chi connectivity index (χ4n) is 2.20. The summed E-state index contributed by atoms with van der Waals surface area (Å²) in [5.41, 5.74) is 2.80. The van der Waals surface area contributed by atoms with Gasteiger partial charge >= 0.3 is 0 Å². The Morgan fingerprint density at radius 1 is 1.17 bits per heavy atom. The van der Waals surface area contributed by atoms with E-state index in [2.05, 4.69) is 55.4 Å². The van der Waals surface area contributed by atoms with E-state index in [1.54, 1.807) is 0 Å². The molecule has 2 nitrogen and oxygen atoms in total. The normalized spacial score (nSPS) is 15.6. The predicted octanol–water partition coefficient (Wildman–Crippen LogP) is 3.03. The largest absolute Gasteiger partial charge is 0.310 e. The molecule has 0 amide bonds. The first kappa shape index (κ1) is 13.6. The molecule has 2 rings (SSSR count). The number of rotatable bonds is 7. The molecule has 1 aliphatic carbocycles. The topological polar surface area (TPSA) is 15.3 Å². The highest BCUT2D eigenvalue weighted by Crippen LogP contribution is 2.29. The third-order valence-electron chi connectivity index (χ3n) is 3.46. The third kappa shape index (κ3) is 4.79. The van der Waals surface area contributed by atoms with Gasteiger partial charge in [-0.1, -0.05) is 38.1 Å². The van der Waals surface area contributed by atoms with Crippen molar-refractivity contribution in [3.63, 3.8) is 0 Å². The van der Waals surface area contributed by atoms with E-state index in [9.17, 15) is 0 Å². The second-order valence-electron chi connectivity index (χ2n) is 5.99. The van der Waals surface area contributed by atoms with Crippen LogP contribution in [0.5, 0.6) is 0 Å². The minimum absolute atomic E-state index is 0.550. The highest BCUT2D eigenvalue weighted by atomic mass is 15.1. The van der Waals surface area contributed by atoms with Gasteiger partial charge in [0.05, 0.1) is 0 Å². The smallest absolute Gasteiger partial charge is 0.0230 e. The van der Waals surface area contributed by atoms with Gasteiger partial charge in [-0.25, -0.2) is 0 Å². The zero-order valence-corrected chi connectivity index (χ0v) is 11.9. The van der Waals surface area contributed by atoms with Crippen molar-refractivity contribution >= 4 is 0 Å². The Kier molecular flexibility index (Phi) is 4.79. The SMILES string of the molecule is CC(C)NCc1ccc(CN(C)CC2CC2)cc1. The van der Waals surface area contributed by atoms with Gasteiger partial charge in [-0.3, -0.25) is 0 Å². The molecule has 1 fully saturated rings. The van der Waals surface area contributed by atoms with E-state index in [0.717, 1.165) is 19.0 Å². The molecule has 1 saturated carbocycles. The summed E-state index contributed by atoms with van der Waals surface area (Å²) in [6.45, 7) is 7.67. The van der Waals surface area contributed by atoms with Crippen molar-refractivity contribution in [3.05, 3.63) is 35.4 Å².